The summed E-state index contributed by atoms with van der Waals surface area (Å²) in [6.07, 6.45) is 0. The Labute approximate surface area is 146 Å². The number of hydrogen-bond acceptors (Lipinski definition) is 3. The summed E-state index contributed by atoms with van der Waals surface area (Å²) in [5.41, 5.74) is 3.64. The fourth-order valence-corrected chi connectivity index (χ4v) is 3.42. The number of carbonyl (C=O) groups is 1. The average Bonchev–Trinajstić information content (AvgIpc) is 3.05. The third-order valence-electron chi connectivity index (χ3n) is 4.80. The molecule has 25 heavy (non-hydrogen) atoms. The first-order valence-electron chi connectivity index (χ1n) is 8.53. The van der Waals surface area contributed by atoms with Gasteiger partial charge in [-0.1, -0.05) is 23.8 Å². The number of phenolic OH excluding ortho intramolecular Hbond substituents is 1. The Bertz CT molecular complexity index is 924. The molecule has 0 radical (unpaired) electrons. The first kappa shape index (κ1) is 15.6. The Balaban J connectivity index is 1.48. The van der Waals surface area contributed by atoms with Crippen LogP contribution in [0.2, 0.25) is 0 Å². The molecular weight excluding hydrogens is 314 g/mol. The van der Waals surface area contributed by atoms with Gasteiger partial charge < -0.3 is 19.9 Å². The van der Waals surface area contributed by atoms with E-state index in [1.165, 1.54) is 5.56 Å². The van der Waals surface area contributed by atoms with Crippen molar-refractivity contribution in [3.8, 4) is 5.75 Å². The van der Waals surface area contributed by atoms with Crippen molar-refractivity contribution in [1.29, 1.82) is 0 Å². The number of aryl methyl sites for hydroxylation is 1. The number of amides is 1. The van der Waals surface area contributed by atoms with E-state index in [-0.39, 0.29) is 11.7 Å². The zero-order valence-corrected chi connectivity index (χ0v) is 14.2. The van der Waals surface area contributed by atoms with Gasteiger partial charge in [-0.2, -0.15) is 0 Å². The molecule has 0 aliphatic carbocycles. The maximum absolute atomic E-state index is 12.8. The van der Waals surface area contributed by atoms with Crippen LogP contribution in [0.1, 0.15) is 16.1 Å². The number of benzene rings is 2. The molecule has 3 aromatic rings. The molecule has 0 saturated carbocycles. The van der Waals surface area contributed by atoms with Gasteiger partial charge >= 0.3 is 0 Å². The van der Waals surface area contributed by atoms with Gasteiger partial charge in [-0.05, 0) is 37.3 Å². The third-order valence-corrected chi connectivity index (χ3v) is 4.80. The second kappa shape index (κ2) is 6.16. The van der Waals surface area contributed by atoms with E-state index in [1.54, 1.807) is 6.07 Å². The van der Waals surface area contributed by atoms with E-state index in [0.29, 0.717) is 31.9 Å². The lowest BCUT2D eigenvalue weighted by atomic mass is 10.2. The summed E-state index contributed by atoms with van der Waals surface area (Å²) in [6.45, 7) is 4.75. The van der Waals surface area contributed by atoms with E-state index >= 15 is 0 Å². The summed E-state index contributed by atoms with van der Waals surface area (Å²) in [6, 6.07) is 15.4. The van der Waals surface area contributed by atoms with Gasteiger partial charge in [0.25, 0.3) is 5.91 Å². The lowest BCUT2D eigenvalue weighted by molar-refractivity contribution is 0.0742. The molecule has 5 nitrogen and oxygen atoms in total. The number of H-pyrrole nitrogens is 1. The van der Waals surface area contributed by atoms with Gasteiger partial charge in [0.05, 0.1) is 5.69 Å². The molecule has 0 spiro atoms. The normalized spacial score (nSPS) is 14.9. The van der Waals surface area contributed by atoms with Crippen molar-refractivity contribution in [2.45, 2.75) is 6.92 Å². The van der Waals surface area contributed by atoms with Crippen LogP contribution in [0, 0.1) is 6.92 Å². The second-order valence-corrected chi connectivity index (χ2v) is 6.54. The van der Waals surface area contributed by atoms with Crippen LogP contribution in [0.25, 0.3) is 10.9 Å². The largest absolute Gasteiger partial charge is 0.506 e. The number of rotatable bonds is 2. The summed E-state index contributed by atoms with van der Waals surface area (Å²) in [5, 5.41) is 11.1. The smallest absolute Gasteiger partial charge is 0.270 e. The van der Waals surface area contributed by atoms with E-state index in [2.05, 4.69) is 16.0 Å². The van der Waals surface area contributed by atoms with E-state index in [9.17, 15) is 9.90 Å². The van der Waals surface area contributed by atoms with Crippen molar-refractivity contribution in [2.24, 2.45) is 0 Å². The molecule has 0 bridgehead atoms. The van der Waals surface area contributed by atoms with Gasteiger partial charge in [0.1, 0.15) is 11.4 Å². The zero-order chi connectivity index (χ0) is 17.4. The number of carbonyl (C=O) groups excluding carboxylic acids is 1. The third kappa shape index (κ3) is 2.93. The quantitative estimate of drug-likeness (QED) is 0.756. The molecule has 1 aliphatic rings. The Kier molecular flexibility index (Phi) is 3.84. The van der Waals surface area contributed by atoms with Crippen LogP contribution in [-0.4, -0.2) is 47.1 Å². The maximum Gasteiger partial charge on any atom is 0.270 e. The predicted octanol–water partition coefficient (Wildman–Crippen LogP) is 3.14. The standard InChI is InChI=1S/C20H21N3O2/c1-14-6-7-16-15(12-14)13-17(21-16)20(25)23-10-8-22(9-11-23)18-4-2-3-5-19(18)24/h2-7,12-13,21,24H,8-11H2,1H3. The summed E-state index contributed by atoms with van der Waals surface area (Å²) in [4.78, 5) is 20.0. The van der Waals surface area contributed by atoms with E-state index < -0.39 is 0 Å². The van der Waals surface area contributed by atoms with Crippen molar-refractivity contribution in [1.82, 2.24) is 9.88 Å². The number of hydrogen-bond donors (Lipinski definition) is 2. The molecule has 2 heterocycles. The molecule has 1 aliphatic heterocycles. The van der Waals surface area contributed by atoms with Gasteiger partial charge in [0.2, 0.25) is 0 Å². The van der Waals surface area contributed by atoms with Crippen LogP contribution in [0.5, 0.6) is 5.75 Å². The lowest BCUT2D eigenvalue weighted by Gasteiger charge is -2.36. The number of nitrogens with zero attached hydrogens (tertiary/aromatic N) is 2. The average molecular weight is 335 g/mol. The summed E-state index contributed by atoms with van der Waals surface area (Å²) in [5.74, 6) is 0.319. The first-order chi connectivity index (χ1) is 12.1. The Morgan fingerprint density at radius 3 is 2.56 bits per heavy atom. The molecule has 2 aromatic carbocycles. The van der Waals surface area contributed by atoms with Crippen molar-refractivity contribution in [2.75, 3.05) is 31.1 Å². The summed E-state index contributed by atoms with van der Waals surface area (Å²) < 4.78 is 0. The van der Waals surface area contributed by atoms with Crippen LogP contribution in [0.3, 0.4) is 0 Å². The van der Waals surface area contributed by atoms with Crippen LogP contribution >= 0.6 is 0 Å². The lowest BCUT2D eigenvalue weighted by Crippen LogP contribution is -2.48. The highest BCUT2D eigenvalue weighted by Gasteiger charge is 2.24. The molecule has 0 unspecified atom stereocenters. The minimum Gasteiger partial charge on any atom is -0.506 e. The van der Waals surface area contributed by atoms with Gasteiger partial charge in [-0.25, -0.2) is 0 Å². The highest BCUT2D eigenvalue weighted by atomic mass is 16.3. The van der Waals surface area contributed by atoms with E-state index in [1.807, 2.05) is 48.2 Å². The van der Waals surface area contributed by atoms with Crippen LogP contribution in [0.15, 0.2) is 48.5 Å². The molecule has 5 heteroatoms. The Morgan fingerprint density at radius 1 is 1.04 bits per heavy atom. The monoisotopic (exact) mass is 335 g/mol. The van der Waals surface area contributed by atoms with Crippen LogP contribution in [0.4, 0.5) is 5.69 Å². The molecular formula is C20H21N3O2. The Morgan fingerprint density at radius 2 is 1.80 bits per heavy atom. The van der Waals surface area contributed by atoms with Crippen molar-refractivity contribution < 1.29 is 9.90 Å². The van der Waals surface area contributed by atoms with E-state index in [4.69, 9.17) is 0 Å². The number of para-hydroxylation sites is 2. The molecule has 0 atom stereocenters. The molecule has 1 saturated heterocycles. The number of nitrogens with one attached hydrogen (secondary N) is 1. The molecule has 1 aromatic heterocycles. The highest BCUT2D eigenvalue weighted by molar-refractivity contribution is 5.98. The molecule has 1 amide bonds. The van der Waals surface area contributed by atoms with Crippen LogP contribution in [-0.2, 0) is 0 Å². The number of aromatic nitrogens is 1. The fourth-order valence-electron chi connectivity index (χ4n) is 3.42. The van der Waals surface area contributed by atoms with Gasteiger partial charge in [0, 0.05) is 37.1 Å². The summed E-state index contributed by atoms with van der Waals surface area (Å²) in [7, 11) is 0. The van der Waals surface area contributed by atoms with Crippen molar-refractivity contribution in [3.05, 3.63) is 59.8 Å². The minimum absolute atomic E-state index is 0.0331. The van der Waals surface area contributed by atoms with E-state index in [0.717, 1.165) is 16.6 Å². The number of aromatic amines is 1. The molecule has 128 valence electrons. The maximum atomic E-state index is 12.8. The topological polar surface area (TPSA) is 59.6 Å². The number of fused-ring (bicyclic) bond motifs is 1. The first-order valence-corrected chi connectivity index (χ1v) is 8.53. The van der Waals surface area contributed by atoms with Crippen molar-refractivity contribution >= 4 is 22.5 Å². The second-order valence-electron chi connectivity index (χ2n) is 6.54. The van der Waals surface area contributed by atoms with Crippen molar-refractivity contribution in [3.63, 3.8) is 0 Å². The Hall–Kier alpha value is -2.95. The fraction of sp³-hybridized carbons (Fsp3) is 0.250. The molecule has 2 N–H and O–H groups in total. The highest BCUT2D eigenvalue weighted by Crippen LogP contribution is 2.27. The molecule has 4 rings (SSSR count). The minimum atomic E-state index is 0.0331. The van der Waals surface area contributed by atoms with Gasteiger partial charge in [0.15, 0.2) is 0 Å². The number of anilines is 1. The van der Waals surface area contributed by atoms with Crippen LogP contribution < -0.4 is 4.90 Å². The SMILES string of the molecule is Cc1ccc2[nH]c(C(=O)N3CCN(c4ccccc4O)CC3)cc2c1. The summed E-state index contributed by atoms with van der Waals surface area (Å²) >= 11 is 0. The number of piperazine rings is 1. The predicted molar refractivity (Wildman–Crippen MR) is 99.3 cm³/mol. The van der Waals surface area contributed by atoms with Gasteiger partial charge in [-0.15, -0.1) is 0 Å². The molecule has 1 fully saturated rings. The number of phenols is 1. The van der Waals surface area contributed by atoms with Gasteiger partial charge in [-0.3, -0.25) is 4.79 Å². The number of aromatic hydroxyl groups is 1. The zero-order valence-electron chi connectivity index (χ0n) is 14.2.